The Bertz CT molecular complexity index is 416. The third-order valence-electron chi connectivity index (χ3n) is 3.15. The van der Waals surface area contributed by atoms with Gasteiger partial charge in [0.25, 0.3) is 0 Å². The van der Waals surface area contributed by atoms with Crippen LogP contribution in [0.25, 0.3) is 0 Å². The molecule has 1 aromatic heterocycles. The van der Waals surface area contributed by atoms with E-state index in [1.54, 1.807) is 12.5 Å². The predicted octanol–water partition coefficient (Wildman–Crippen LogP) is 0.500. The Balaban J connectivity index is 1.53. The van der Waals surface area contributed by atoms with Gasteiger partial charge >= 0.3 is 5.97 Å². The molecule has 0 spiro atoms. The first kappa shape index (κ1) is 12.6. The fourth-order valence-corrected chi connectivity index (χ4v) is 1.94. The van der Waals surface area contributed by atoms with Gasteiger partial charge in [0.2, 0.25) is 5.91 Å². The Hall–Kier alpha value is -1.85. The lowest BCUT2D eigenvalue weighted by atomic mass is 10.2. The monoisotopic (exact) mass is 251 g/mol. The smallest absolute Gasteiger partial charge is 0.307 e. The van der Waals surface area contributed by atoms with Crippen molar-refractivity contribution in [1.82, 2.24) is 14.9 Å². The number of hydrogen-bond acceptors (Lipinski definition) is 3. The maximum absolute atomic E-state index is 11.5. The summed E-state index contributed by atoms with van der Waals surface area (Å²) >= 11 is 0. The zero-order valence-electron chi connectivity index (χ0n) is 10.1. The maximum Gasteiger partial charge on any atom is 0.307 e. The SMILES string of the molecule is O=C(O)[C@H]1C[C@H]1C(=O)NCCCCn1ccnc1. The molecule has 1 aliphatic carbocycles. The molecule has 1 aromatic rings. The molecule has 2 N–H and O–H groups in total. The van der Waals surface area contributed by atoms with Gasteiger partial charge in [-0.25, -0.2) is 4.98 Å². The van der Waals surface area contributed by atoms with Crippen molar-refractivity contribution in [3.8, 4) is 0 Å². The highest BCUT2D eigenvalue weighted by Gasteiger charge is 2.48. The highest BCUT2D eigenvalue weighted by Crippen LogP contribution is 2.38. The topological polar surface area (TPSA) is 84.2 Å². The molecule has 6 heteroatoms. The predicted molar refractivity (Wildman–Crippen MR) is 63.7 cm³/mol. The molecular weight excluding hydrogens is 234 g/mol. The number of imidazole rings is 1. The molecule has 0 unspecified atom stereocenters. The number of carboxylic acids is 1. The Labute approximate surface area is 105 Å². The minimum Gasteiger partial charge on any atom is -0.481 e. The average molecular weight is 251 g/mol. The summed E-state index contributed by atoms with van der Waals surface area (Å²) in [6.45, 7) is 1.49. The number of unbranched alkanes of at least 4 members (excludes halogenated alkanes) is 1. The van der Waals surface area contributed by atoms with Gasteiger partial charge in [0.15, 0.2) is 0 Å². The van der Waals surface area contributed by atoms with Gasteiger partial charge in [0.05, 0.1) is 18.2 Å². The van der Waals surface area contributed by atoms with E-state index in [4.69, 9.17) is 5.11 Å². The van der Waals surface area contributed by atoms with Crippen LogP contribution in [-0.2, 0) is 16.1 Å². The summed E-state index contributed by atoms with van der Waals surface area (Å²) in [7, 11) is 0. The van der Waals surface area contributed by atoms with Gasteiger partial charge < -0.3 is 15.0 Å². The number of carboxylic acid groups (broad SMARTS) is 1. The second-order valence-corrected chi connectivity index (χ2v) is 4.59. The van der Waals surface area contributed by atoms with Crippen LogP contribution in [-0.4, -0.2) is 33.1 Å². The average Bonchev–Trinajstić information content (AvgIpc) is 2.99. The number of carbonyl (C=O) groups excluding carboxylic acids is 1. The molecule has 0 aromatic carbocycles. The molecule has 0 saturated heterocycles. The highest BCUT2D eigenvalue weighted by atomic mass is 16.4. The molecule has 1 aliphatic rings. The first-order valence-corrected chi connectivity index (χ1v) is 6.14. The van der Waals surface area contributed by atoms with E-state index in [1.807, 2.05) is 10.8 Å². The number of aromatic nitrogens is 2. The van der Waals surface area contributed by atoms with Crippen LogP contribution in [0.15, 0.2) is 18.7 Å². The second-order valence-electron chi connectivity index (χ2n) is 4.59. The van der Waals surface area contributed by atoms with E-state index in [0.29, 0.717) is 13.0 Å². The van der Waals surface area contributed by atoms with E-state index in [0.717, 1.165) is 19.4 Å². The number of rotatable bonds is 7. The third-order valence-corrected chi connectivity index (χ3v) is 3.15. The van der Waals surface area contributed by atoms with Crippen LogP contribution < -0.4 is 5.32 Å². The molecule has 1 heterocycles. The van der Waals surface area contributed by atoms with E-state index in [2.05, 4.69) is 10.3 Å². The Morgan fingerprint density at radius 3 is 2.83 bits per heavy atom. The van der Waals surface area contributed by atoms with Crippen molar-refractivity contribution < 1.29 is 14.7 Å². The van der Waals surface area contributed by atoms with Gasteiger partial charge in [-0.2, -0.15) is 0 Å². The van der Waals surface area contributed by atoms with Gasteiger partial charge in [-0.05, 0) is 19.3 Å². The van der Waals surface area contributed by atoms with Gasteiger partial charge in [-0.3, -0.25) is 9.59 Å². The number of aryl methyl sites for hydroxylation is 1. The maximum atomic E-state index is 11.5. The zero-order chi connectivity index (χ0) is 13.0. The van der Waals surface area contributed by atoms with Crippen molar-refractivity contribution >= 4 is 11.9 Å². The Morgan fingerprint density at radius 1 is 1.39 bits per heavy atom. The molecule has 1 fully saturated rings. The summed E-state index contributed by atoms with van der Waals surface area (Å²) < 4.78 is 1.99. The van der Waals surface area contributed by atoms with Crippen molar-refractivity contribution in [1.29, 1.82) is 0 Å². The van der Waals surface area contributed by atoms with Crippen LogP contribution in [0.4, 0.5) is 0 Å². The summed E-state index contributed by atoms with van der Waals surface area (Å²) in [5, 5.41) is 11.5. The van der Waals surface area contributed by atoms with Crippen LogP contribution in [0, 0.1) is 11.8 Å². The molecule has 1 saturated carbocycles. The van der Waals surface area contributed by atoms with E-state index < -0.39 is 11.9 Å². The Kier molecular flexibility index (Phi) is 3.96. The number of aliphatic carboxylic acids is 1. The molecule has 0 radical (unpaired) electrons. The molecule has 98 valence electrons. The third kappa shape index (κ3) is 3.32. The van der Waals surface area contributed by atoms with Crippen molar-refractivity contribution in [2.45, 2.75) is 25.8 Å². The zero-order valence-corrected chi connectivity index (χ0v) is 10.1. The molecule has 1 amide bonds. The molecule has 2 atom stereocenters. The van der Waals surface area contributed by atoms with Crippen molar-refractivity contribution in [3.63, 3.8) is 0 Å². The molecular formula is C12H17N3O3. The number of carbonyl (C=O) groups is 2. The van der Waals surface area contributed by atoms with Gasteiger partial charge in [-0.1, -0.05) is 0 Å². The number of nitrogens with zero attached hydrogens (tertiary/aromatic N) is 2. The molecule has 2 rings (SSSR count). The van der Waals surface area contributed by atoms with E-state index in [1.165, 1.54) is 0 Å². The number of amides is 1. The summed E-state index contributed by atoms with van der Waals surface area (Å²) in [4.78, 5) is 26.1. The lowest BCUT2D eigenvalue weighted by Gasteiger charge is -2.05. The lowest BCUT2D eigenvalue weighted by molar-refractivity contribution is -0.140. The lowest BCUT2D eigenvalue weighted by Crippen LogP contribution is -2.27. The Morgan fingerprint density at radius 2 is 2.22 bits per heavy atom. The standard InChI is InChI=1S/C12H17N3O3/c16-11(9-7-10(9)12(17)18)14-3-1-2-5-15-6-4-13-8-15/h4,6,8-10H,1-3,5,7H2,(H,14,16)(H,17,18)/t9-,10+/m1/s1. The minimum atomic E-state index is -0.866. The fourth-order valence-electron chi connectivity index (χ4n) is 1.94. The van der Waals surface area contributed by atoms with E-state index >= 15 is 0 Å². The van der Waals surface area contributed by atoms with Crippen molar-refractivity contribution in [2.24, 2.45) is 11.8 Å². The minimum absolute atomic E-state index is 0.120. The first-order valence-electron chi connectivity index (χ1n) is 6.14. The van der Waals surface area contributed by atoms with Crippen LogP contribution in [0.3, 0.4) is 0 Å². The van der Waals surface area contributed by atoms with E-state index in [9.17, 15) is 9.59 Å². The van der Waals surface area contributed by atoms with Crippen molar-refractivity contribution in [3.05, 3.63) is 18.7 Å². The fraction of sp³-hybridized carbons (Fsp3) is 0.583. The van der Waals surface area contributed by atoms with Crippen LogP contribution in [0.1, 0.15) is 19.3 Å². The van der Waals surface area contributed by atoms with Crippen molar-refractivity contribution in [2.75, 3.05) is 6.54 Å². The largest absolute Gasteiger partial charge is 0.481 e. The normalized spacial score (nSPS) is 21.6. The van der Waals surface area contributed by atoms with E-state index in [-0.39, 0.29) is 11.8 Å². The van der Waals surface area contributed by atoms with Crippen LogP contribution >= 0.6 is 0 Å². The van der Waals surface area contributed by atoms with Gasteiger partial charge in [0.1, 0.15) is 0 Å². The van der Waals surface area contributed by atoms with Gasteiger partial charge in [-0.15, -0.1) is 0 Å². The second kappa shape index (κ2) is 5.66. The van der Waals surface area contributed by atoms with Gasteiger partial charge in [0, 0.05) is 25.5 Å². The summed E-state index contributed by atoms with van der Waals surface area (Å²) in [5.74, 6) is -1.76. The van der Waals surface area contributed by atoms with Crippen LogP contribution in [0.5, 0.6) is 0 Å². The summed E-state index contributed by atoms with van der Waals surface area (Å²) in [6, 6.07) is 0. The summed E-state index contributed by atoms with van der Waals surface area (Å²) in [5.41, 5.74) is 0. The molecule has 6 nitrogen and oxygen atoms in total. The molecule has 0 aliphatic heterocycles. The molecule has 18 heavy (non-hydrogen) atoms. The van der Waals surface area contributed by atoms with Crippen LogP contribution in [0.2, 0.25) is 0 Å². The molecule has 0 bridgehead atoms. The first-order chi connectivity index (χ1) is 8.68. The summed E-state index contributed by atoms with van der Waals surface area (Å²) in [6.07, 6.45) is 7.73. The number of hydrogen-bond donors (Lipinski definition) is 2. The number of nitrogens with one attached hydrogen (secondary N) is 1. The quantitative estimate of drug-likeness (QED) is 0.691. The highest BCUT2D eigenvalue weighted by molar-refractivity contribution is 5.89.